The molecule has 0 radical (unpaired) electrons. The molecule has 37 heavy (non-hydrogen) atoms. The zero-order valence-corrected chi connectivity index (χ0v) is 21.2. The Balaban J connectivity index is 1.46. The van der Waals surface area contributed by atoms with Crippen molar-refractivity contribution in [2.75, 3.05) is 0 Å². The van der Waals surface area contributed by atoms with Crippen LogP contribution in [0.5, 0.6) is 0 Å². The minimum Gasteiger partial charge on any atom is -0.291 e. The molecule has 5 rings (SSSR count). The second-order valence-electron chi connectivity index (χ2n) is 9.43. The smallest absolute Gasteiger partial charge is 0.291 e. The maximum absolute atomic E-state index is 13.6. The predicted molar refractivity (Wildman–Crippen MR) is 139 cm³/mol. The van der Waals surface area contributed by atoms with Gasteiger partial charge in [0.1, 0.15) is 6.33 Å². The van der Waals surface area contributed by atoms with Crippen LogP contribution in [0.4, 0.5) is 0 Å². The first kappa shape index (κ1) is 24.3. The first-order valence-corrected chi connectivity index (χ1v) is 12.5. The van der Waals surface area contributed by atoms with Crippen LogP contribution in [0.3, 0.4) is 0 Å². The zero-order chi connectivity index (χ0) is 25.8. The van der Waals surface area contributed by atoms with Gasteiger partial charge in [-0.3, -0.25) is 9.55 Å². The van der Waals surface area contributed by atoms with Crippen molar-refractivity contribution in [3.63, 3.8) is 0 Å². The molecule has 4 aromatic heterocycles. The summed E-state index contributed by atoms with van der Waals surface area (Å²) in [5.74, 6) is 1.44. The molecule has 0 bridgehead atoms. The van der Waals surface area contributed by atoms with Gasteiger partial charge in [0.15, 0.2) is 0 Å². The van der Waals surface area contributed by atoms with Gasteiger partial charge in [-0.25, -0.2) is 14.0 Å². The fraction of sp³-hybridized carbons (Fsp3) is 0.346. The van der Waals surface area contributed by atoms with E-state index in [0.29, 0.717) is 30.8 Å². The van der Waals surface area contributed by atoms with Gasteiger partial charge in [-0.05, 0) is 35.6 Å². The minimum atomic E-state index is -0.129. The zero-order valence-electron chi connectivity index (χ0n) is 21.2. The van der Waals surface area contributed by atoms with Gasteiger partial charge in [0, 0.05) is 35.8 Å². The molecule has 11 heteroatoms. The first-order valence-electron chi connectivity index (χ1n) is 12.5. The number of nitrogens with one attached hydrogen (secondary N) is 1. The number of imidazole rings is 1. The van der Waals surface area contributed by atoms with Crippen molar-refractivity contribution in [1.29, 1.82) is 0 Å². The second kappa shape index (κ2) is 10.7. The van der Waals surface area contributed by atoms with E-state index >= 15 is 0 Å². The number of aryl methyl sites for hydroxylation is 1. The largest absolute Gasteiger partial charge is 0.335 e. The predicted octanol–water partition coefficient (Wildman–Crippen LogP) is 3.52. The lowest BCUT2D eigenvalue weighted by atomic mass is 10.0. The summed E-state index contributed by atoms with van der Waals surface area (Å²) in [7, 11) is 0. The molecule has 0 atom stereocenters. The molecule has 0 saturated carbocycles. The average Bonchev–Trinajstić information content (AvgIpc) is 3.65. The number of unbranched alkanes of at least 4 members (excludes halogenated alkanes) is 1. The number of benzene rings is 1. The minimum absolute atomic E-state index is 0.129. The molecule has 0 saturated heterocycles. The summed E-state index contributed by atoms with van der Waals surface area (Å²) < 4.78 is 5.22. The third kappa shape index (κ3) is 5.11. The van der Waals surface area contributed by atoms with Crippen LogP contribution >= 0.6 is 0 Å². The van der Waals surface area contributed by atoms with Gasteiger partial charge in [-0.1, -0.05) is 57.5 Å². The molecule has 4 heterocycles. The van der Waals surface area contributed by atoms with E-state index < -0.39 is 0 Å². The molecule has 11 nitrogen and oxygen atoms in total. The van der Waals surface area contributed by atoms with E-state index in [9.17, 15) is 4.79 Å². The Kier molecular flexibility index (Phi) is 7.02. The fourth-order valence-corrected chi connectivity index (χ4v) is 4.35. The summed E-state index contributed by atoms with van der Waals surface area (Å²) in [5.41, 5.74) is 4.32. The van der Waals surface area contributed by atoms with Gasteiger partial charge >= 0.3 is 5.69 Å². The van der Waals surface area contributed by atoms with Crippen molar-refractivity contribution >= 4 is 0 Å². The van der Waals surface area contributed by atoms with Crippen LogP contribution in [-0.2, 0) is 19.5 Å². The molecule has 0 aliphatic rings. The average molecular weight is 499 g/mol. The summed E-state index contributed by atoms with van der Waals surface area (Å²) in [6, 6.07) is 11.8. The van der Waals surface area contributed by atoms with Crippen LogP contribution in [0, 0.1) is 5.92 Å². The number of H-pyrrole nitrogens is 1. The molecule has 1 aromatic carbocycles. The number of hydrogen-bond donors (Lipinski definition) is 1. The summed E-state index contributed by atoms with van der Waals surface area (Å²) in [4.78, 5) is 22.7. The summed E-state index contributed by atoms with van der Waals surface area (Å²) in [6.45, 7) is 7.48. The van der Waals surface area contributed by atoms with Crippen molar-refractivity contribution in [3.05, 3.63) is 76.9 Å². The number of rotatable bonds is 10. The van der Waals surface area contributed by atoms with Gasteiger partial charge < -0.3 is 0 Å². The van der Waals surface area contributed by atoms with Gasteiger partial charge in [0.2, 0.25) is 11.8 Å². The first-order chi connectivity index (χ1) is 18.0. The number of nitrogens with zero attached hydrogens (tertiary/aromatic N) is 9. The van der Waals surface area contributed by atoms with Crippen molar-refractivity contribution in [2.45, 2.75) is 53.1 Å². The number of aromatic nitrogens is 10. The van der Waals surface area contributed by atoms with E-state index in [1.807, 2.05) is 53.4 Å². The standard InChI is InChI=1S/C26H30N10O/c1-4-5-8-20-16-35(25-28-17-29-36(25)14-18(2)3)26(37)34(20)15-19-11-12-23(27-13-19)21-9-6-7-10-22(21)24-30-32-33-31-24/h6-7,9-13,16-18H,4-5,8,14-15H2,1-3H3,(H,30,31,32,33). The molecule has 0 aliphatic carbocycles. The monoisotopic (exact) mass is 498 g/mol. The summed E-state index contributed by atoms with van der Waals surface area (Å²) in [6.07, 6.45) is 8.06. The normalized spacial score (nSPS) is 11.5. The number of tetrazole rings is 1. The van der Waals surface area contributed by atoms with Gasteiger partial charge in [-0.2, -0.15) is 15.3 Å². The quantitative estimate of drug-likeness (QED) is 0.312. The van der Waals surface area contributed by atoms with Gasteiger partial charge in [-0.15, -0.1) is 10.2 Å². The van der Waals surface area contributed by atoms with Crippen LogP contribution in [0.25, 0.3) is 28.6 Å². The maximum atomic E-state index is 13.6. The van der Waals surface area contributed by atoms with Crippen LogP contribution in [0.1, 0.15) is 44.9 Å². The van der Waals surface area contributed by atoms with Crippen LogP contribution in [-0.4, -0.2) is 49.5 Å². The molecule has 0 amide bonds. The second-order valence-corrected chi connectivity index (χ2v) is 9.43. The van der Waals surface area contributed by atoms with Crippen LogP contribution in [0.2, 0.25) is 0 Å². The third-order valence-electron chi connectivity index (χ3n) is 6.15. The van der Waals surface area contributed by atoms with E-state index in [4.69, 9.17) is 4.98 Å². The summed E-state index contributed by atoms with van der Waals surface area (Å²) in [5, 5.41) is 18.7. The molecule has 0 unspecified atom stereocenters. The Hall–Kier alpha value is -4.41. The van der Waals surface area contributed by atoms with Crippen molar-refractivity contribution in [3.8, 4) is 28.6 Å². The SMILES string of the molecule is CCCCc1cn(-c2ncnn2CC(C)C)c(=O)n1Cc1ccc(-c2ccccc2-c2nn[nH]n2)nc1. The molecule has 0 aliphatic heterocycles. The molecule has 0 spiro atoms. The lowest BCUT2D eigenvalue weighted by Gasteiger charge is -2.09. The van der Waals surface area contributed by atoms with E-state index in [-0.39, 0.29) is 5.69 Å². The fourth-order valence-electron chi connectivity index (χ4n) is 4.35. The van der Waals surface area contributed by atoms with E-state index in [2.05, 4.69) is 51.5 Å². The molecule has 5 aromatic rings. The topological polar surface area (TPSA) is 125 Å². The highest BCUT2D eigenvalue weighted by atomic mass is 16.2. The Bertz CT molecular complexity index is 1510. The van der Waals surface area contributed by atoms with E-state index in [1.54, 1.807) is 9.25 Å². The molecular weight excluding hydrogens is 468 g/mol. The van der Waals surface area contributed by atoms with Crippen LogP contribution < -0.4 is 5.69 Å². The number of pyridine rings is 1. The molecule has 1 N–H and O–H groups in total. The van der Waals surface area contributed by atoms with Gasteiger partial charge in [0.25, 0.3) is 0 Å². The van der Waals surface area contributed by atoms with Crippen LogP contribution in [0.15, 0.2) is 59.9 Å². The van der Waals surface area contributed by atoms with E-state index in [1.165, 1.54) is 6.33 Å². The maximum Gasteiger partial charge on any atom is 0.335 e. The lowest BCUT2D eigenvalue weighted by molar-refractivity contribution is 0.473. The molecular formula is C26H30N10O. The van der Waals surface area contributed by atoms with Crippen molar-refractivity contribution in [1.82, 2.24) is 49.5 Å². The Morgan fingerprint density at radius 1 is 1.05 bits per heavy atom. The van der Waals surface area contributed by atoms with E-state index in [0.717, 1.165) is 47.3 Å². The Labute approximate surface area is 214 Å². The third-order valence-corrected chi connectivity index (χ3v) is 6.15. The van der Waals surface area contributed by atoms with Crippen molar-refractivity contribution in [2.24, 2.45) is 5.92 Å². The Morgan fingerprint density at radius 3 is 2.59 bits per heavy atom. The highest BCUT2D eigenvalue weighted by molar-refractivity contribution is 5.78. The Morgan fingerprint density at radius 2 is 1.89 bits per heavy atom. The molecule has 190 valence electrons. The number of aromatic amines is 1. The number of hydrogen-bond acceptors (Lipinski definition) is 7. The highest BCUT2D eigenvalue weighted by Gasteiger charge is 2.18. The lowest BCUT2D eigenvalue weighted by Crippen LogP contribution is -2.27. The molecule has 0 fully saturated rings. The highest BCUT2D eigenvalue weighted by Crippen LogP contribution is 2.28. The summed E-state index contributed by atoms with van der Waals surface area (Å²) >= 11 is 0. The van der Waals surface area contributed by atoms with Crippen molar-refractivity contribution < 1.29 is 0 Å². The van der Waals surface area contributed by atoms with Gasteiger partial charge in [0.05, 0.1) is 12.2 Å².